The fraction of sp³-hybridized carbons (Fsp3) is 0.429. The number of aliphatic imine (C=N–C) groups is 1. The van der Waals surface area contributed by atoms with Crippen LogP contribution in [0.5, 0.6) is 0 Å². The number of anilines is 2. The van der Waals surface area contributed by atoms with Crippen molar-refractivity contribution >= 4 is 17.5 Å². The number of pyridine rings is 1. The molecule has 1 aliphatic heterocycles. The van der Waals surface area contributed by atoms with E-state index in [1.807, 2.05) is 36.5 Å². The number of aromatic nitrogens is 1. The molecule has 1 fully saturated rings. The normalized spacial score (nSPS) is 14.9. The molecule has 2 heterocycles. The molecule has 0 atom stereocenters. The Balaban J connectivity index is 1.45. The highest BCUT2D eigenvalue weighted by molar-refractivity contribution is 5.80. The minimum Gasteiger partial charge on any atom is -0.385 e. The molecule has 1 aromatic heterocycles. The number of piperazine rings is 1. The number of guanidine groups is 1. The van der Waals surface area contributed by atoms with Crippen LogP contribution in [-0.4, -0.2) is 61.7 Å². The number of nitrogens with zero attached hydrogens (tertiary/aromatic N) is 4. The van der Waals surface area contributed by atoms with Gasteiger partial charge in [-0.1, -0.05) is 24.3 Å². The molecular weight excluding hydrogens is 336 g/mol. The Kier molecular flexibility index (Phi) is 7.33. The van der Waals surface area contributed by atoms with Crippen molar-refractivity contribution in [3.63, 3.8) is 0 Å². The van der Waals surface area contributed by atoms with Gasteiger partial charge in [-0.25, -0.2) is 4.98 Å². The zero-order valence-electron chi connectivity index (χ0n) is 16.1. The third-order valence-electron chi connectivity index (χ3n) is 4.59. The average Bonchev–Trinajstić information content (AvgIpc) is 2.74. The van der Waals surface area contributed by atoms with Crippen LogP contribution in [0.15, 0.2) is 59.7 Å². The molecule has 2 N–H and O–H groups in total. The molecule has 6 heteroatoms. The molecular formula is C21H30N6. The topological polar surface area (TPSA) is 55.8 Å². The molecule has 2 aromatic rings. The molecule has 0 saturated carbocycles. The molecule has 1 saturated heterocycles. The first-order valence-electron chi connectivity index (χ1n) is 9.85. The summed E-state index contributed by atoms with van der Waals surface area (Å²) >= 11 is 0. The van der Waals surface area contributed by atoms with E-state index in [-0.39, 0.29) is 0 Å². The number of para-hydroxylation sites is 1. The van der Waals surface area contributed by atoms with Gasteiger partial charge < -0.3 is 20.4 Å². The van der Waals surface area contributed by atoms with Crippen LogP contribution in [0.25, 0.3) is 0 Å². The summed E-state index contributed by atoms with van der Waals surface area (Å²) in [7, 11) is 0. The lowest BCUT2D eigenvalue weighted by Gasteiger charge is -2.37. The lowest BCUT2D eigenvalue weighted by molar-refractivity contribution is 0.371. The molecule has 0 aliphatic carbocycles. The van der Waals surface area contributed by atoms with Crippen molar-refractivity contribution in [2.24, 2.45) is 4.99 Å². The first kappa shape index (κ1) is 19.0. The van der Waals surface area contributed by atoms with Gasteiger partial charge in [-0.3, -0.25) is 4.99 Å². The fourth-order valence-corrected chi connectivity index (χ4v) is 3.17. The largest absolute Gasteiger partial charge is 0.385 e. The minimum atomic E-state index is 0.822. The molecule has 0 amide bonds. The zero-order valence-corrected chi connectivity index (χ0v) is 16.1. The van der Waals surface area contributed by atoms with E-state index < -0.39 is 0 Å². The van der Waals surface area contributed by atoms with E-state index in [9.17, 15) is 0 Å². The van der Waals surface area contributed by atoms with Crippen LogP contribution in [0.4, 0.5) is 11.5 Å². The summed E-state index contributed by atoms with van der Waals surface area (Å²) in [5.41, 5.74) is 1.17. The molecule has 0 bridgehead atoms. The average molecular weight is 367 g/mol. The van der Waals surface area contributed by atoms with Crippen LogP contribution in [0, 0.1) is 0 Å². The van der Waals surface area contributed by atoms with Crippen molar-refractivity contribution in [2.45, 2.75) is 13.3 Å². The molecule has 144 valence electrons. The monoisotopic (exact) mass is 366 g/mol. The van der Waals surface area contributed by atoms with E-state index in [0.29, 0.717) is 0 Å². The fourth-order valence-electron chi connectivity index (χ4n) is 3.17. The Morgan fingerprint density at radius 2 is 1.81 bits per heavy atom. The zero-order chi connectivity index (χ0) is 18.7. The summed E-state index contributed by atoms with van der Waals surface area (Å²) in [6, 6.07) is 16.4. The smallest absolute Gasteiger partial charge is 0.194 e. The molecule has 3 rings (SSSR count). The molecule has 6 nitrogen and oxygen atoms in total. The second kappa shape index (κ2) is 10.4. The lowest BCUT2D eigenvalue weighted by Crippen LogP contribution is -2.52. The van der Waals surface area contributed by atoms with Gasteiger partial charge in [-0.2, -0.15) is 0 Å². The quantitative estimate of drug-likeness (QED) is 0.448. The highest BCUT2D eigenvalue weighted by Crippen LogP contribution is 2.12. The maximum Gasteiger partial charge on any atom is 0.194 e. The van der Waals surface area contributed by atoms with Gasteiger partial charge in [0.05, 0.1) is 0 Å². The highest BCUT2D eigenvalue weighted by atomic mass is 15.4. The van der Waals surface area contributed by atoms with Gasteiger partial charge in [-0.05, 0) is 37.6 Å². The van der Waals surface area contributed by atoms with E-state index in [0.717, 1.165) is 64.0 Å². The third-order valence-corrected chi connectivity index (χ3v) is 4.59. The maximum absolute atomic E-state index is 4.82. The number of nitrogens with one attached hydrogen (secondary N) is 2. The van der Waals surface area contributed by atoms with Gasteiger partial charge in [0.2, 0.25) is 0 Å². The summed E-state index contributed by atoms with van der Waals surface area (Å²) in [6.07, 6.45) is 2.87. The highest BCUT2D eigenvalue weighted by Gasteiger charge is 2.20. The van der Waals surface area contributed by atoms with Crippen LogP contribution in [0.2, 0.25) is 0 Å². The minimum absolute atomic E-state index is 0.822. The summed E-state index contributed by atoms with van der Waals surface area (Å²) in [5.74, 6) is 2.09. The number of rotatable bonds is 7. The number of hydrogen-bond donors (Lipinski definition) is 2. The molecule has 0 radical (unpaired) electrons. The van der Waals surface area contributed by atoms with Gasteiger partial charge in [0, 0.05) is 57.7 Å². The van der Waals surface area contributed by atoms with Crippen molar-refractivity contribution in [3.05, 3.63) is 54.7 Å². The molecule has 0 spiro atoms. The van der Waals surface area contributed by atoms with Gasteiger partial charge >= 0.3 is 0 Å². The van der Waals surface area contributed by atoms with Crippen LogP contribution in [0.1, 0.15) is 13.3 Å². The van der Waals surface area contributed by atoms with Gasteiger partial charge in [0.1, 0.15) is 5.82 Å². The first-order chi connectivity index (χ1) is 13.4. The van der Waals surface area contributed by atoms with Crippen molar-refractivity contribution in [3.8, 4) is 0 Å². The number of benzene rings is 1. The predicted octanol–water partition coefficient (Wildman–Crippen LogP) is 2.67. The SMILES string of the molecule is CCNC(=NCCCNc1ccccc1)N1CCN(c2ccccn2)CC1. The van der Waals surface area contributed by atoms with Crippen molar-refractivity contribution in [1.29, 1.82) is 0 Å². The van der Waals surface area contributed by atoms with Gasteiger partial charge in [0.25, 0.3) is 0 Å². The van der Waals surface area contributed by atoms with E-state index in [1.54, 1.807) is 0 Å². The summed E-state index contributed by atoms with van der Waals surface area (Å²) in [6.45, 7) is 8.63. The number of hydrogen-bond acceptors (Lipinski definition) is 4. The molecule has 1 aromatic carbocycles. The standard InChI is InChI=1S/C21H30N6/c1-2-22-21(25-14-8-13-23-19-9-4-3-5-10-19)27-17-15-26(16-18-27)20-11-6-7-12-24-20/h3-7,9-12,23H,2,8,13-18H2,1H3,(H,22,25). The lowest BCUT2D eigenvalue weighted by atomic mass is 10.3. The van der Waals surface area contributed by atoms with E-state index >= 15 is 0 Å². The Labute approximate surface area is 162 Å². The van der Waals surface area contributed by atoms with Crippen LogP contribution in [-0.2, 0) is 0 Å². The van der Waals surface area contributed by atoms with Crippen LogP contribution in [0.3, 0.4) is 0 Å². The first-order valence-corrected chi connectivity index (χ1v) is 9.85. The van der Waals surface area contributed by atoms with Crippen molar-refractivity contribution in [1.82, 2.24) is 15.2 Å². The molecule has 27 heavy (non-hydrogen) atoms. The third kappa shape index (κ3) is 5.88. The second-order valence-electron chi connectivity index (χ2n) is 6.54. The molecule has 0 unspecified atom stereocenters. The van der Waals surface area contributed by atoms with Crippen molar-refractivity contribution < 1.29 is 0 Å². The Hall–Kier alpha value is -2.76. The Morgan fingerprint density at radius 3 is 2.52 bits per heavy atom. The second-order valence-corrected chi connectivity index (χ2v) is 6.54. The van der Waals surface area contributed by atoms with Gasteiger partial charge in [-0.15, -0.1) is 0 Å². The predicted molar refractivity (Wildman–Crippen MR) is 114 cm³/mol. The van der Waals surface area contributed by atoms with E-state index in [4.69, 9.17) is 4.99 Å². The van der Waals surface area contributed by atoms with Gasteiger partial charge in [0.15, 0.2) is 5.96 Å². The van der Waals surface area contributed by atoms with Crippen LogP contribution < -0.4 is 15.5 Å². The Bertz CT molecular complexity index is 680. The summed E-state index contributed by atoms with van der Waals surface area (Å²) in [5, 5.41) is 6.87. The maximum atomic E-state index is 4.82. The summed E-state index contributed by atoms with van der Waals surface area (Å²) < 4.78 is 0. The van der Waals surface area contributed by atoms with Crippen LogP contribution >= 0.6 is 0 Å². The molecule has 1 aliphatic rings. The Morgan fingerprint density at radius 1 is 1.04 bits per heavy atom. The van der Waals surface area contributed by atoms with E-state index in [1.165, 1.54) is 5.69 Å². The van der Waals surface area contributed by atoms with E-state index in [2.05, 4.69) is 50.5 Å². The van der Waals surface area contributed by atoms with Crippen molar-refractivity contribution in [2.75, 3.05) is 56.0 Å². The summed E-state index contributed by atoms with van der Waals surface area (Å²) in [4.78, 5) is 14.0.